The van der Waals surface area contributed by atoms with Gasteiger partial charge in [-0.3, -0.25) is 0 Å². The molecule has 0 spiro atoms. The normalized spacial score (nSPS) is 10.9. The Hall–Kier alpha value is -3.08. The van der Waals surface area contributed by atoms with Gasteiger partial charge in [0.25, 0.3) is 0 Å². The van der Waals surface area contributed by atoms with Gasteiger partial charge in [-0.15, -0.1) is 0 Å². The predicted molar refractivity (Wildman–Crippen MR) is 130 cm³/mol. The summed E-state index contributed by atoms with van der Waals surface area (Å²) in [6.45, 7) is 4.33. The highest BCUT2D eigenvalue weighted by atomic mass is 19.1. The minimum absolute atomic E-state index is 0.210. The third-order valence-corrected chi connectivity index (χ3v) is 5.69. The molecule has 5 heteroatoms. The molecule has 0 saturated carbocycles. The molecule has 0 atom stereocenters. The number of rotatable bonds is 12. The average Bonchev–Trinajstić information content (AvgIpc) is 2.84. The van der Waals surface area contributed by atoms with Gasteiger partial charge in [-0.1, -0.05) is 64.2 Å². The molecule has 0 unspecified atom stereocenters. The van der Waals surface area contributed by atoms with Crippen molar-refractivity contribution in [3.05, 3.63) is 77.4 Å². The Morgan fingerprint density at radius 1 is 0.848 bits per heavy atom. The third kappa shape index (κ3) is 7.48. The van der Waals surface area contributed by atoms with Crippen molar-refractivity contribution < 1.29 is 13.9 Å². The SMILES string of the molecule is CCCCCCCc1ccc(OC(=O)c2ccc(-c3ncc(CCCC)cn3)cc2)cc1F. The van der Waals surface area contributed by atoms with Crippen LogP contribution in [0.25, 0.3) is 11.4 Å². The largest absolute Gasteiger partial charge is 0.423 e. The van der Waals surface area contributed by atoms with E-state index in [0.29, 0.717) is 23.4 Å². The number of hydrogen-bond donors (Lipinski definition) is 0. The Bertz CT molecular complexity index is 1020. The standard InChI is InChI=1S/C28H33FN2O2/c1-3-5-7-8-9-11-22-16-17-25(18-26(22)29)33-28(32)24-14-12-23(13-15-24)27-30-19-21(20-31-27)10-6-4-2/h12-20H,3-11H2,1-2H3. The van der Waals surface area contributed by atoms with Crippen molar-refractivity contribution in [3.63, 3.8) is 0 Å². The summed E-state index contributed by atoms with van der Waals surface area (Å²) in [6, 6.07) is 11.6. The molecule has 0 amide bonds. The van der Waals surface area contributed by atoms with Crippen LogP contribution >= 0.6 is 0 Å². The van der Waals surface area contributed by atoms with Gasteiger partial charge in [-0.25, -0.2) is 19.2 Å². The van der Waals surface area contributed by atoms with Gasteiger partial charge in [0.2, 0.25) is 0 Å². The van der Waals surface area contributed by atoms with Gasteiger partial charge >= 0.3 is 5.97 Å². The molecule has 1 heterocycles. The summed E-state index contributed by atoms with van der Waals surface area (Å²) >= 11 is 0. The van der Waals surface area contributed by atoms with Crippen molar-refractivity contribution in [2.45, 2.75) is 71.6 Å². The molecule has 0 N–H and O–H groups in total. The molecule has 0 aliphatic carbocycles. The number of ether oxygens (including phenoxy) is 1. The van der Waals surface area contributed by atoms with Crippen molar-refractivity contribution in [3.8, 4) is 17.1 Å². The maximum atomic E-state index is 14.4. The van der Waals surface area contributed by atoms with Crippen LogP contribution < -0.4 is 4.74 Å². The lowest BCUT2D eigenvalue weighted by molar-refractivity contribution is 0.0734. The first-order valence-corrected chi connectivity index (χ1v) is 12.0. The second kappa shape index (κ2) is 12.8. The first-order valence-electron chi connectivity index (χ1n) is 12.0. The zero-order chi connectivity index (χ0) is 23.5. The molecule has 3 rings (SSSR count). The minimum Gasteiger partial charge on any atom is -0.423 e. The third-order valence-electron chi connectivity index (χ3n) is 5.69. The number of carbonyl (C=O) groups excluding carboxylic acids is 1. The van der Waals surface area contributed by atoms with E-state index in [1.807, 2.05) is 12.4 Å². The number of aromatic nitrogens is 2. The molecule has 0 saturated heterocycles. The van der Waals surface area contributed by atoms with Crippen LogP contribution in [-0.4, -0.2) is 15.9 Å². The Morgan fingerprint density at radius 3 is 2.21 bits per heavy atom. The van der Waals surface area contributed by atoms with Gasteiger partial charge in [0.15, 0.2) is 5.82 Å². The van der Waals surface area contributed by atoms with Crippen molar-refractivity contribution >= 4 is 5.97 Å². The lowest BCUT2D eigenvalue weighted by atomic mass is 10.0. The second-order valence-electron chi connectivity index (χ2n) is 8.40. The first-order chi connectivity index (χ1) is 16.1. The average molecular weight is 449 g/mol. The first kappa shape index (κ1) is 24.6. The highest BCUT2D eigenvalue weighted by Crippen LogP contribution is 2.21. The number of carbonyl (C=O) groups is 1. The molecule has 2 aromatic carbocycles. The van der Waals surface area contributed by atoms with Crippen molar-refractivity contribution in [2.24, 2.45) is 0 Å². The Morgan fingerprint density at radius 2 is 1.55 bits per heavy atom. The fourth-order valence-corrected chi connectivity index (χ4v) is 3.65. The van der Waals surface area contributed by atoms with E-state index in [-0.39, 0.29) is 11.6 Å². The summed E-state index contributed by atoms with van der Waals surface area (Å²) in [6.07, 6.45) is 13.3. The number of halogens is 1. The quantitative estimate of drug-likeness (QED) is 0.165. The van der Waals surface area contributed by atoms with Crippen LogP contribution in [0.5, 0.6) is 5.75 Å². The summed E-state index contributed by atoms with van der Waals surface area (Å²) < 4.78 is 19.8. The smallest absolute Gasteiger partial charge is 0.343 e. The monoisotopic (exact) mass is 448 g/mol. The minimum atomic E-state index is -0.524. The molecular formula is C28H33FN2O2. The van der Waals surface area contributed by atoms with E-state index in [4.69, 9.17) is 4.74 Å². The van der Waals surface area contributed by atoms with E-state index in [0.717, 1.165) is 43.2 Å². The van der Waals surface area contributed by atoms with Crippen molar-refractivity contribution in [1.29, 1.82) is 0 Å². The molecule has 0 bridgehead atoms. The molecule has 0 radical (unpaired) electrons. The van der Waals surface area contributed by atoms with Gasteiger partial charge in [0.1, 0.15) is 11.6 Å². The van der Waals surface area contributed by atoms with Crippen LogP contribution in [0.3, 0.4) is 0 Å². The maximum Gasteiger partial charge on any atom is 0.343 e. The van der Waals surface area contributed by atoms with Gasteiger partial charge in [0.05, 0.1) is 5.56 Å². The van der Waals surface area contributed by atoms with E-state index in [2.05, 4.69) is 23.8 Å². The number of nitrogens with zero attached hydrogens (tertiary/aromatic N) is 2. The highest BCUT2D eigenvalue weighted by molar-refractivity contribution is 5.91. The van der Waals surface area contributed by atoms with Crippen LogP contribution in [0.4, 0.5) is 4.39 Å². The van der Waals surface area contributed by atoms with Crippen LogP contribution in [-0.2, 0) is 12.8 Å². The number of unbranched alkanes of at least 4 members (excludes halogenated alkanes) is 5. The summed E-state index contributed by atoms with van der Waals surface area (Å²) in [4.78, 5) is 21.4. The van der Waals surface area contributed by atoms with Crippen LogP contribution in [0.15, 0.2) is 54.9 Å². The zero-order valence-electron chi connectivity index (χ0n) is 19.6. The summed E-state index contributed by atoms with van der Waals surface area (Å²) in [7, 11) is 0. The summed E-state index contributed by atoms with van der Waals surface area (Å²) in [5.74, 6) is -0.0281. The molecule has 4 nitrogen and oxygen atoms in total. The Balaban J connectivity index is 1.56. The van der Waals surface area contributed by atoms with E-state index >= 15 is 0 Å². The summed E-state index contributed by atoms with van der Waals surface area (Å²) in [5, 5.41) is 0. The fraction of sp³-hybridized carbons (Fsp3) is 0.393. The van der Waals surface area contributed by atoms with E-state index < -0.39 is 5.97 Å². The van der Waals surface area contributed by atoms with Crippen molar-refractivity contribution in [2.75, 3.05) is 0 Å². The molecular weight excluding hydrogens is 415 g/mol. The van der Waals surface area contributed by atoms with E-state index in [1.165, 1.54) is 25.3 Å². The highest BCUT2D eigenvalue weighted by Gasteiger charge is 2.12. The Kier molecular flexibility index (Phi) is 9.55. The molecule has 33 heavy (non-hydrogen) atoms. The predicted octanol–water partition coefficient (Wildman–Crippen LogP) is 7.36. The lowest BCUT2D eigenvalue weighted by Crippen LogP contribution is -2.09. The Labute approximate surface area is 196 Å². The molecule has 3 aromatic rings. The van der Waals surface area contributed by atoms with E-state index in [1.54, 1.807) is 36.4 Å². The van der Waals surface area contributed by atoms with Gasteiger partial charge in [-0.2, -0.15) is 0 Å². The van der Waals surface area contributed by atoms with E-state index in [9.17, 15) is 9.18 Å². The van der Waals surface area contributed by atoms with Gasteiger partial charge in [0, 0.05) is 24.0 Å². The number of esters is 1. The van der Waals surface area contributed by atoms with Crippen LogP contribution in [0, 0.1) is 5.82 Å². The van der Waals surface area contributed by atoms with Crippen molar-refractivity contribution in [1.82, 2.24) is 9.97 Å². The van der Waals surface area contributed by atoms with Gasteiger partial charge in [-0.05, 0) is 55.0 Å². The molecule has 0 fully saturated rings. The fourth-order valence-electron chi connectivity index (χ4n) is 3.65. The maximum absolute atomic E-state index is 14.4. The number of aryl methyl sites for hydroxylation is 2. The number of hydrogen-bond acceptors (Lipinski definition) is 4. The van der Waals surface area contributed by atoms with Crippen LogP contribution in [0.1, 0.15) is 80.3 Å². The topological polar surface area (TPSA) is 52.1 Å². The summed E-state index contributed by atoms with van der Waals surface area (Å²) in [5.41, 5.74) is 2.99. The van der Waals surface area contributed by atoms with Crippen LogP contribution in [0.2, 0.25) is 0 Å². The second-order valence-corrected chi connectivity index (χ2v) is 8.40. The molecule has 0 aliphatic heterocycles. The molecule has 174 valence electrons. The zero-order valence-corrected chi connectivity index (χ0v) is 19.6. The number of benzene rings is 2. The van der Waals surface area contributed by atoms with Gasteiger partial charge < -0.3 is 4.74 Å². The lowest BCUT2D eigenvalue weighted by Gasteiger charge is -2.08. The molecule has 0 aliphatic rings. The molecule has 1 aromatic heterocycles.